The molecule has 5 heteroatoms. The number of rotatable bonds is 2. The number of aliphatic imine (C=N–C) groups is 1. The lowest BCUT2D eigenvalue weighted by Gasteiger charge is -2.02. The third-order valence-electron chi connectivity index (χ3n) is 3.18. The first-order valence-electron chi connectivity index (χ1n) is 7.36. The average Bonchev–Trinajstić information content (AvgIpc) is 2.59. The summed E-state index contributed by atoms with van der Waals surface area (Å²) in [5, 5.41) is 1.07. The van der Waals surface area contributed by atoms with Crippen LogP contribution in [0.3, 0.4) is 0 Å². The highest BCUT2D eigenvalue weighted by Gasteiger charge is 2.00. The number of aromatic nitrogens is 2. The highest BCUT2D eigenvalue weighted by atomic mass is 79.9. The second-order valence-corrected chi connectivity index (χ2v) is 6.22. The number of fused-ring (bicyclic) bond motifs is 1. The van der Waals surface area contributed by atoms with E-state index < -0.39 is 0 Å². The highest BCUT2D eigenvalue weighted by Crippen LogP contribution is 2.18. The van der Waals surface area contributed by atoms with E-state index in [0.29, 0.717) is 11.5 Å². The van der Waals surface area contributed by atoms with E-state index in [9.17, 15) is 0 Å². The van der Waals surface area contributed by atoms with Gasteiger partial charge in [-0.3, -0.25) is 4.98 Å². The van der Waals surface area contributed by atoms with Crippen molar-refractivity contribution in [1.29, 1.82) is 0 Å². The zero-order valence-electron chi connectivity index (χ0n) is 13.4. The maximum absolute atomic E-state index is 4.46. The Morgan fingerprint density at radius 1 is 1.12 bits per heavy atom. The van der Waals surface area contributed by atoms with E-state index >= 15 is 0 Å². The average molecular weight is 379 g/mol. The summed E-state index contributed by atoms with van der Waals surface area (Å²) >= 11 is 3.49. The molecule has 118 valence electrons. The van der Waals surface area contributed by atoms with Crippen molar-refractivity contribution in [2.24, 2.45) is 4.99 Å². The van der Waals surface area contributed by atoms with Crippen molar-refractivity contribution >= 4 is 39.0 Å². The quantitative estimate of drug-likeness (QED) is 0.384. The molecule has 0 saturated carbocycles. The van der Waals surface area contributed by atoms with Crippen LogP contribution >= 0.6 is 15.9 Å². The Labute approximate surface area is 149 Å². The summed E-state index contributed by atoms with van der Waals surface area (Å²) < 4.78 is 0.848. The second kappa shape index (κ2) is 7.24. The van der Waals surface area contributed by atoms with Crippen molar-refractivity contribution in [1.82, 2.24) is 14.9 Å². The van der Waals surface area contributed by atoms with Crippen molar-refractivity contribution in [3.63, 3.8) is 0 Å². The summed E-state index contributed by atoms with van der Waals surface area (Å²) in [5.41, 5.74) is 2.54. The molecule has 0 amide bonds. The van der Waals surface area contributed by atoms with Gasteiger partial charge in [-0.2, -0.15) is 0 Å². The van der Waals surface area contributed by atoms with Crippen molar-refractivity contribution in [2.45, 2.75) is 0 Å². The van der Waals surface area contributed by atoms with Crippen molar-refractivity contribution in [2.75, 3.05) is 14.1 Å². The zero-order chi connectivity index (χ0) is 16.9. The molecule has 0 N–H and O–H groups in total. The molecule has 3 aromatic rings. The molecule has 0 aliphatic carbocycles. The third-order valence-corrected chi connectivity index (χ3v) is 3.82. The zero-order valence-corrected chi connectivity index (χ0v) is 14.9. The first-order valence-corrected chi connectivity index (χ1v) is 8.15. The minimum Gasteiger partial charge on any atom is -0.369 e. The molecule has 0 unspecified atom stereocenters. The van der Waals surface area contributed by atoms with Gasteiger partial charge in [-0.1, -0.05) is 12.0 Å². The molecule has 0 spiro atoms. The lowest BCUT2D eigenvalue weighted by molar-refractivity contribution is 0.643. The molecule has 4 nitrogen and oxygen atoms in total. The van der Waals surface area contributed by atoms with Gasteiger partial charge in [-0.05, 0) is 58.2 Å². The van der Waals surface area contributed by atoms with E-state index in [4.69, 9.17) is 0 Å². The predicted octanol–water partition coefficient (Wildman–Crippen LogP) is 4.01. The van der Waals surface area contributed by atoms with Crippen LogP contribution in [0.2, 0.25) is 0 Å². The van der Waals surface area contributed by atoms with E-state index in [-0.39, 0.29) is 0 Å². The number of hydrogen-bond donors (Lipinski definition) is 0. The van der Waals surface area contributed by atoms with Crippen LogP contribution in [0.5, 0.6) is 0 Å². The molecule has 2 heterocycles. The number of hydrogen-bond acceptors (Lipinski definition) is 3. The third kappa shape index (κ3) is 3.98. The Hall–Kier alpha value is -2.71. The van der Waals surface area contributed by atoms with Gasteiger partial charge < -0.3 is 4.90 Å². The fourth-order valence-corrected chi connectivity index (χ4v) is 2.37. The largest absolute Gasteiger partial charge is 0.369 e. The number of nitrogens with zero attached hydrogens (tertiary/aromatic N) is 4. The summed E-state index contributed by atoms with van der Waals surface area (Å²) in [7, 11) is 3.83. The molecule has 3 rings (SSSR count). The molecular formula is C19H15BrN4. The highest BCUT2D eigenvalue weighted by molar-refractivity contribution is 9.10. The van der Waals surface area contributed by atoms with Crippen molar-refractivity contribution < 1.29 is 0 Å². The SMILES string of the molecule is CN(C)/C=N/c1ccc(Br)c(C#Cc2ccc3ncccc3c2)n1. The van der Waals surface area contributed by atoms with Crippen molar-refractivity contribution in [3.8, 4) is 11.8 Å². The lowest BCUT2D eigenvalue weighted by atomic mass is 10.1. The number of pyridine rings is 2. The van der Waals surface area contributed by atoms with Gasteiger partial charge in [-0.25, -0.2) is 9.98 Å². The lowest BCUT2D eigenvalue weighted by Crippen LogP contribution is -2.07. The van der Waals surface area contributed by atoms with Gasteiger partial charge in [0.25, 0.3) is 0 Å². The van der Waals surface area contributed by atoms with Gasteiger partial charge in [0.15, 0.2) is 5.82 Å². The minimum atomic E-state index is 0.624. The molecular weight excluding hydrogens is 364 g/mol. The molecule has 0 aliphatic rings. The van der Waals surface area contributed by atoms with E-state index in [0.717, 1.165) is 20.9 Å². The first-order chi connectivity index (χ1) is 11.6. The van der Waals surface area contributed by atoms with Gasteiger partial charge in [0, 0.05) is 31.2 Å². The van der Waals surface area contributed by atoms with E-state index in [2.05, 4.69) is 42.7 Å². The standard InChI is InChI=1S/C19H15BrN4/c1-24(2)13-22-19-10-7-16(20)18(23-19)9-6-14-5-8-17-15(12-14)4-3-11-21-17/h3-5,7-8,10-13H,1-2H3/b22-13+. The van der Waals surface area contributed by atoms with E-state index in [1.165, 1.54) is 0 Å². The Bertz CT molecular complexity index is 968. The molecule has 2 aromatic heterocycles. The smallest absolute Gasteiger partial charge is 0.155 e. The van der Waals surface area contributed by atoms with Gasteiger partial charge >= 0.3 is 0 Å². The normalized spacial score (nSPS) is 10.6. The summed E-state index contributed by atoms with van der Waals surface area (Å²) in [6, 6.07) is 13.7. The van der Waals surface area contributed by atoms with Crippen LogP contribution in [0, 0.1) is 11.8 Å². The van der Waals surface area contributed by atoms with Crippen LogP contribution in [-0.4, -0.2) is 35.3 Å². The summed E-state index contributed by atoms with van der Waals surface area (Å²) in [4.78, 5) is 14.9. The Morgan fingerprint density at radius 2 is 2.00 bits per heavy atom. The molecule has 1 aromatic carbocycles. The van der Waals surface area contributed by atoms with Gasteiger partial charge in [0.2, 0.25) is 0 Å². The van der Waals surface area contributed by atoms with Crippen molar-refractivity contribution in [3.05, 3.63) is 64.4 Å². The maximum atomic E-state index is 4.46. The Morgan fingerprint density at radius 3 is 2.83 bits per heavy atom. The topological polar surface area (TPSA) is 41.4 Å². The molecule has 0 radical (unpaired) electrons. The maximum Gasteiger partial charge on any atom is 0.155 e. The summed E-state index contributed by atoms with van der Waals surface area (Å²) in [6.45, 7) is 0. The second-order valence-electron chi connectivity index (χ2n) is 5.37. The molecule has 0 fully saturated rings. The van der Waals surface area contributed by atoms with Crippen LogP contribution in [0.25, 0.3) is 10.9 Å². The Kier molecular flexibility index (Phi) is 4.88. The minimum absolute atomic E-state index is 0.624. The van der Waals surface area contributed by atoms with Gasteiger partial charge in [-0.15, -0.1) is 0 Å². The first kappa shape index (κ1) is 16.2. The van der Waals surface area contributed by atoms with Crippen LogP contribution in [-0.2, 0) is 0 Å². The van der Waals surface area contributed by atoms with Crippen LogP contribution < -0.4 is 0 Å². The van der Waals surface area contributed by atoms with Crippen LogP contribution in [0.1, 0.15) is 11.3 Å². The fourth-order valence-electron chi connectivity index (χ4n) is 2.05. The molecule has 0 saturated heterocycles. The summed E-state index contributed by atoms with van der Waals surface area (Å²) in [6.07, 6.45) is 3.50. The monoisotopic (exact) mass is 378 g/mol. The van der Waals surface area contributed by atoms with Gasteiger partial charge in [0.05, 0.1) is 16.3 Å². The number of benzene rings is 1. The predicted molar refractivity (Wildman–Crippen MR) is 101 cm³/mol. The Balaban J connectivity index is 1.92. The summed E-state index contributed by atoms with van der Waals surface area (Å²) in [5.74, 6) is 6.88. The van der Waals surface area contributed by atoms with Gasteiger partial charge in [0.1, 0.15) is 5.69 Å². The molecule has 24 heavy (non-hydrogen) atoms. The number of halogens is 1. The van der Waals surface area contributed by atoms with Crippen LogP contribution in [0.15, 0.2) is 58.1 Å². The van der Waals surface area contributed by atoms with E-state index in [1.807, 2.05) is 61.5 Å². The van der Waals surface area contributed by atoms with Crippen LogP contribution in [0.4, 0.5) is 5.82 Å². The van der Waals surface area contributed by atoms with E-state index in [1.54, 1.807) is 12.5 Å². The molecule has 0 bridgehead atoms. The fraction of sp³-hybridized carbons (Fsp3) is 0.105. The molecule has 0 aliphatic heterocycles. The molecule has 0 atom stereocenters.